The first kappa shape index (κ1) is 17.5. The number of benzene rings is 2. The van der Waals surface area contributed by atoms with Gasteiger partial charge in [-0.15, -0.1) is 0 Å². The summed E-state index contributed by atoms with van der Waals surface area (Å²) in [6.45, 7) is 3.08. The van der Waals surface area contributed by atoms with E-state index in [1.807, 2.05) is 42.5 Å². The van der Waals surface area contributed by atoms with Gasteiger partial charge in [0.2, 0.25) is 5.91 Å². The van der Waals surface area contributed by atoms with E-state index in [0.29, 0.717) is 19.6 Å². The minimum Gasteiger partial charge on any atom is -0.378 e. The van der Waals surface area contributed by atoms with Gasteiger partial charge in [-0.25, -0.2) is 0 Å². The molecule has 0 radical (unpaired) electrons. The van der Waals surface area contributed by atoms with Crippen LogP contribution in [0.15, 0.2) is 51.4 Å². The molecule has 0 bridgehead atoms. The summed E-state index contributed by atoms with van der Waals surface area (Å²) in [5.41, 5.74) is 2.85. The van der Waals surface area contributed by atoms with Crippen LogP contribution < -0.4 is 10.2 Å². The largest absolute Gasteiger partial charge is 0.378 e. The number of hydrogen-bond donors (Lipinski definition) is 1. The topological polar surface area (TPSA) is 41.6 Å². The van der Waals surface area contributed by atoms with E-state index in [-0.39, 0.29) is 5.91 Å². The van der Waals surface area contributed by atoms with Crippen molar-refractivity contribution in [3.8, 4) is 0 Å². The second-order valence-corrected chi connectivity index (χ2v) is 7.44. The van der Waals surface area contributed by atoms with Crippen molar-refractivity contribution in [1.29, 1.82) is 0 Å². The summed E-state index contributed by atoms with van der Waals surface area (Å²) in [5, 5.41) is 3.05. The fraction of sp³-hybridized carbons (Fsp3) is 0.278. The molecule has 0 unspecified atom stereocenters. The van der Waals surface area contributed by atoms with Gasteiger partial charge < -0.3 is 15.0 Å². The van der Waals surface area contributed by atoms with Crippen LogP contribution in [0.3, 0.4) is 0 Å². The Balaban J connectivity index is 1.74. The highest BCUT2D eigenvalue weighted by molar-refractivity contribution is 9.10. The van der Waals surface area contributed by atoms with E-state index in [9.17, 15) is 4.79 Å². The van der Waals surface area contributed by atoms with Crippen molar-refractivity contribution >= 4 is 49.1 Å². The lowest BCUT2D eigenvalue weighted by Crippen LogP contribution is -2.36. The maximum atomic E-state index is 12.4. The van der Waals surface area contributed by atoms with E-state index in [2.05, 4.69) is 42.1 Å². The number of halogens is 2. The summed E-state index contributed by atoms with van der Waals surface area (Å²) in [6, 6.07) is 13.8. The van der Waals surface area contributed by atoms with Crippen LogP contribution in [0, 0.1) is 0 Å². The Hall–Kier alpha value is -1.37. The monoisotopic (exact) mass is 452 g/mol. The van der Waals surface area contributed by atoms with Gasteiger partial charge in [0.15, 0.2) is 0 Å². The van der Waals surface area contributed by atoms with Crippen LogP contribution in [0.5, 0.6) is 0 Å². The number of carbonyl (C=O) groups is 1. The normalized spacial score (nSPS) is 14.5. The van der Waals surface area contributed by atoms with Crippen LogP contribution >= 0.6 is 31.9 Å². The molecule has 0 atom stereocenters. The molecule has 2 aromatic rings. The number of nitrogens with zero attached hydrogens (tertiary/aromatic N) is 1. The van der Waals surface area contributed by atoms with E-state index in [4.69, 9.17) is 4.74 Å². The van der Waals surface area contributed by atoms with Gasteiger partial charge in [-0.05, 0) is 35.9 Å². The van der Waals surface area contributed by atoms with Gasteiger partial charge in [-0.2, -0.15) is 0 Å². The summed E-state index contributed by atoms with van der Waals surface area (Å²) in [4.78, 5) is 14.7. The molecule has 6 heteroatoms. The van der Waals surface area contributed by atoms with E-state index < -0.39 is 0 Å². The summed E-state index contributed by atoms with van der Waals surface area (Å²) in [6.07, 6.45) is 0.350. The van der Waals surface area contributed by atoms with Crippen LogP contribution in [-0.2, 0) is 16.0 Å². The number of anilines is 2. The molecule has 1 fully saturated rings. The Morgan fingerprint density at radius 3 is 2.42 bits per heavy atom. The molecule has 1 heterocycles. The molecule has 3 rings (SSSR count). The van der Waals surface area contributed by atoms with Gasteiger partial charge in [0.05, 0.1) is 31.0 Å². The number of hydrogen-bond acceptors (Lipinski definition) is 3. The van der Waals surface area contributed by atoms with Crippen LogP contribution in [-0.4, -0.2) is 32.2 Å². The molecule has 0 aliphatic carbocycles. The van der Waals surface area contributed by atoms with Gasteiger partial charge in [-0.3, -0.25) is 4.79 Å². The number of morpholine rings is 1. The number of ether oxygens (including phenoxy) is 1. The molecule has 0 saturated carbocycles. The first-order valence-corrected chi connectivity index (χ1v) is 9.37. The lowest BCUT2D eigenvalue weighted by molar-refractivity contribution is -0.115. The molecular formula is C18H18Br2N2O2. The third kappa shape index (κ3) is 4.59. The third-order valence-corrected chi connectivity index (χ3v) is 4.88. The molecule has 1 amide bonds. The average molecular weight is 454 g/mol. The molecule has 2 aromatic carbocycles. The average Bonchev–Trinajstić information content (AvgIpc) is 2.58. The molecule has 1 aliphatic rings. The van der Waals surface area contributed by atoms with Gasteiger partial charge in [0.25, 0.3) is 0 Å². The summed E-state index contributed by atoms with van der Waals surface area (Å²) in [5.74, 6) is -0.0232. The zero-order valence-corrected chi connectivity index (χ0v) is 16.3. The molecule has 24 heavy (non-hydrogen) atoms. The maximum absolute atomic E-state index is 12.4. The highest BCUT2D eigenvalue weighted by Gasteiger charge is 2.16. The minimum atomic E-state index is -0.0232. The second kappa shape index (κ2) is 8.14. The zero-order chi connectivity index (χ0) is 16.9. The number of rotatable bonds is 4. The molecular weight excluding hydrogens is 436 g/mol. The Morgan fingerprint density at radius 2 is 1.71 bits per heavy atom. The SMILES string of the molecule is O=C(Cc1ccc(Br)cc1)Nc1cc(Br)ccc1N1CCOCC1. The van der Waals surface area contributed by atoms with E-state index >= 15 is 0 Å². The van der Waals surface area contributed by atoms with Gasteiger partial charge >= 0.3 is 0 Å². The van der Waals surface area contributed by atoms with Crippen molar-refractivity contribution in [2.45, 2.75) is 6.42 Å². The molecule has 1 saturated heterocycles. The van der Waals surface area contributed by atoms with E-state index in [1.54, 1.807) is 0 Å². The Bertz CT molecular complexity index is 713. The Morgan fingerprint density at radius 1 is 1.04 bits per heavy atom. The molecule has 0 spiro atoms. The number of nitrogens with one attached hydrogen (secondary N) is 1. The van der Waals surface area contributed by atoms with Crippen molar-refractivity contribution in [2.24, 2.45) is 0 Å². The fourth-order valence-corrected chi connectivity index (χ4v) is 3.30. The number of amides is 1. The van der Waals surface area contributed by atoms with Crippen molar-refractivity contribution in [3.63, 3.8) is 0 Å². The molecule has 0 aromatic heterocycles. The van der Waals surface area contributed by atoms with Crippen LogP contribution in [0.4, 0.5) is 11.4 Å². The lowest BCUT2D eigenvalue weighted by Gasteiger charge is -2.30. The highest BCUT2D eigenvalue weighted by Crippen LogP contribution is 2.30. The zero-order valence-electron chi connectivity index (χ0n) is 13.1. The van der Waals surface area contributed by atoms with Crippen LogP contribution in [0.25, 0.3) is 0 Å². The summed E-state index contributed by atoms with van der Waals surface area (Å²) < 4.78 is 7.36. The van der Waals surface area contributed by atoms with Crippen LogP contribution in [0.1, 0.15) is 5.56 Å². The van der Waals surface area contributed by atoms with Crippen molar-refractivity contribution in [2.75, 3.05) is 36.5 Å². The first-order valence-electron chi connectivity index (χ1n) is 7.78. The smallest absolute Gasteiger partial charge is 0.228 e. The Labute approximate surface area is 158 Å². The number of carbonyl (C=O) groups excluding carboxylic acids is 1. The standard InChI is InChI=1S/C18H18Br2N2O2/c19-14-3-1-13(2-4-14)11-18(23)21-16-12-15(20)5-6-17(16)22-7-9-24-10-8-22/h1-6,12H,7-11H2,(H,21,23). The molecule has 126 valence electrons. The summed E-state index contributed by atoms with van der Waals surface area (Å²) in [7, 11) is 0. The van der Waals surface area contributed by atoms with E-state index in [0.717, 1.165) is 39.0 Å². The predicted molar refractivity (Wildman–Crippen MR) is 104 cm³/mol. The van der Waals surface area contributed by atoms with Crippen molar-refractivity contribution in [1.82, 2.24) is 0 Å². The molecule has 4 nitrogen and oxygen atoms in total. The van der Waals surface area contributed by atoms with Crippen molar-refractivity contribution in [3.05, 3.63) is 57.0 Å². The third-order valence-electron chi connectivity index (χ3n) is 3.86. The van der Waals surface area contributed by atoms with E-state index in [1.165, 1.54) is 0 Å². The fourth-order valence-electron chi connectivity index (χ4n) is 2.67. The minimum absolute atomic E-state index is 0.0232. The first-order chi connectivity index (χ1) is 11.6. The van der Waals surface area contributed by atoms with Gasteiger partial charge in [-0.1, -0.05) is 44.0 Å². The Kier molecular flexibility index (Phi) is 5.92. The summed E-state index contributed by atoms with van der Waals surface area (Å²) >= 11 is 6.89. The van der Waals surface area contributed by atoms with Crippen molar-refractivity contribution < 1.29 is 9.53 Å². The maximum Gasteiger partial charge on any atom is 0.228 e. The van der Waals surface area contributed by atoms with Crippen LogP contribution in [0.2, 0.25) is 0 Å². The highest BCUT2D eigenvalue weighted by atomic mass is 79.9. The lowest BCUT2D eigenvalue weighted by atomic mass is 10.1. The molecule has 1 N–H and O–H groups in total. The second-order valence-electron chi connectivity index (χ2n) is 5.61. The van der Waals surface area contributed by atoms with Gasteiger partial charge in [0, 0.05) is 22.0 Å². The molecule has 1 aliphatic heterocycles. The predicted octanol–water partition coefficient (Wildman–Crippen LogP) is 4.23. The van der Waals surface area contributed by atoms with Gasteiger partial charge in [0.1, 0.15) is 0 Å². The quantitative estimate of drug-likeness (QED) is 0.753.